The molecule has 1 aliphatic rings. The molecule has 1 aromatic heterocycles. The maximum Gasteiger partial charge on any atom is 0.494 e. The zero-order valence-corrected chi connectivity index (χ0v) is 18.4. The van der Waals surface area contributed by atoms with Gasteiger partial charge < -0.3 is 20.4 Å². The first-order valence-corrected chi connectivity index (χ1v) is 10.5. The SMILES string of the molecule is CC1(C)OB(c2ccc(C(CN)C(=O)Nc3ccc4cnccc4c3)cc2)OC1(C)C. The quantitative estimate of drug-likeness (QED) is 0.623. The molecular formula is C24H28BN3O3. The maximum absolute atomic E-state index is 12.9. The molecule has 1 saturated heterocycles. The van der Waals surface area contributed by atoms with Crippen LogP contribution in [0.2, 0.25) is 0 Å². The second-order valence-corrected chi connectivity index (χ2v) is 8.97. The minimum absolute atomic E-state index is 0.140. The molecule has 6 nitrogen and oxygen atoms in total. The Kier molecular flexibility index (Phi) is 5.60. The molecule has 1 atom stereocenters. The van der Waals surface area contributed by atoms with Crippen molar-refractivity contribution in [2.24, 2.45) is 5.73 Å². The van der Waals surface area contributed by atoms with Gasteiger partial charge in [0.2, 0.25) is 5.91 Å². The first kappa shape index (κ1) is 21.5. The smallest absolute Gasteiger partial charge is 0.399 e. The van der Waals surface area contributed by atoms with Crippen LogP contribution < -0.4 is 16.5 Å². The minimum Gasteiger partial charge on any atom is -0.399 e. The Labute approximate surface area is 183 Å². The fourth-order valence-electron chi connectivity index (χ4n) is 3.65. The number of anilines is 1. The van der Waals surface area contributed by atoms with Crippen LogP contribution in [0.1, 0.15) is 39.2 Å². The van der Waals surface area contributed by atoms with Crippen LogP contribution >= 0.6 is 0 Å². The van der Waals surface area contributed by atoms with E-state index in [1.165, 1.54) is 0 Å². The average Bonchev–Trinajstić information content (AvgIpc) is 2.96. The molecule has 4 rings (SSSR count). The Hall–Kier alpha value is -2.74. The van der Waals surface area contributed by atoms with Gasteiger partial charge in [-0.3, -0.25) is 9.78 Å². The molecule has 0 bridgehead atoms. The lowest BCUT2D eigenvalue weighted by molar-refractivity contribution is -0.117. The van der Waals surface area contributed by atoms with Gasteiger partial charge in [-0.05, 0) is 62.3 Å². The first-order chi connectivity index (χ1) is 14.7. The number of carbonyl (C=O) groups is 1. The van der Waals surface area contributed by atoms with Crippen LogP contribution in [0.15, 0.2) is 60.9 Å². The predicted molar refractivity (Wildman–Crippen MR) is 124 cm³/mol. The molecule has 2 heterocycles. The lowest BCUT2D eigenvalue weighted by Crippen LogP contribution is -2.41. The van der Waals surface area contributed by atoms with E-state index in [0.29, 0.717) is 0 Å². The number of hydrogen-bond acceptors (Lipinski definition) is 5. The van der Waals surface area contributed by atoms with Crippen LogP contribution in [-0.4, -0.2) is 35.8 Å². The molecule has 7 heteroatoms. The van der Waals surface area contributed by atoms with Gasteiger partial charge in [-0.1, -0.05) is 30.3 Å². The summed E-state index contributed by atoms with van der Waals surface area (Å²) in [5.74, 6) is -0.597. The van der Waals surface area contributed by atoms with E-state index in [1.807, 2.05) is 76.2 Å². The second-order valence-electron chi connectivity index (χ2n) is 8.97. The number of benzene rings is 2. The molecule has 1 aliphatic heterocycles. The minimum atomic E-state index is -0.458. The summed E-state index contributed by atoms with van der Waals surface area (Å²) < 4.78 is 12.2. The molecule has 31 heavy (non-hydrogen) atoms. The standard InChI is InChI=1S/C24H28BN3O3/c1-23(2)24(3,4)31-25(30-23)19-8-5-16(6-9-19)21(14-26)22(29)28-20-10-7-18-15-27-12-11-17(18)13-20/h5-13,15,21H,14,26H2,1-4H3,(H,28,29). The summed E-state index contributed by atoms with van der Waals surface area (Å²) in [6.45, 7) is 8.32. The summed E-state index contributed by atoms with van der Waals surface area (Å²) in [6.07, 6.45) is 3.53. The molecule has 0 radical (unpaired) electrons. The molecule has 3 aromatic rings. The van der Waals surface area contributed by atoms with Gasteiger partial charge in [0, 0.05) is 30.0 Å². The molecule has 3 N–H and O–H groups in total. The van der Waals surface area contributed by atoms with Crippen molar-refractivity contribution in [1.82, 2.24) is 4.98 Å². The van der Waals surface area contributed by atoms with Gasteiger partial charge in [-0.2, -0.15) is 0 Å². The normalized spacial score (nSPS) is 18.2. The number of hydrogen-bond donors (Lipinski definition) is 2. The van der Waals surface area contributed by atoms with E-state index in [4.69, 9.17) is 15.0 Å². The lowest BCUT2D eigenvalue weighted by Gasteiger charge is -2.32. The van der Waals surface area contributed by atoms with E-state index in [1.54, 1.807) is 12.4 Å². The van der Waals surface area contributed by atoms with Crippen molar-refractivity contribution in [2.75, 3.05) is 11.9 Å². The molecule has 1 fully saturated rings. The van der Waals surface area contributed by atoms with Crippen LogP contribution in [-0.2, 0) is 14.1 Å². The Morgan fingerprint density at radius 1 is 1.03 bits per heavy atom. The highest BCUT2D eigenvalue weighted by Gasteiger charge is 2.51. The van der Waals surface area contributed by atoms with Crippen LogP contribution in [0.5, 0.6) is 0 Å². The molecule has 1 unspecified atom stereocenters. The number of carbonyl (C=O) groups excluding carboxylic acids is 1. The van der Waals surface area contributed by atoms with Gasteiger partial charge in [0.1, 0.15) is 0 Å². The monoisotopic (exact) mass is 417 g/mol. The summed E-state index contributed by atoms with van der Waals surface area (Å²) in [5.41, 5.74) is 7.67. The van der Waals surface area contributed by atoms with Gasteiger partial charge >= 0.3 is 7.12 Å². The zero-order chi connectivity index (χ0) is 22.2. The summed E-state index contributed by atoms with van der Waals surface area (Å²) in [4.78, 5) is 17.1. The Morgan fingerprint density at radius 2 is 1.71 bits per heavy atom. The molecular weight excluding hydrogens is 389 g/mol. The highest BCUT2D eigenvalue weighted by Crippen LogP contribution is 2.36. The van der Waals surface area contributed by atoms with E-state index >= 15 is 0 Å². The molecule has 0 saturated carbocycles. The summed E-state index contributed by atoms with van der Waals surface area (Å²) in [5, 5.41) is 5.03. The summed E-state index contributed by atoms with van der Waals surface area (Å²) in [7, 11) is -0.434. The molecule has 2 aromatic carbocycles. The van der Waals surface area contributed by atoms with Crippen molar-refractivity contribution in [3.05, 3.63) is 66.5 Å². The molecule has 0 aliphatic carbocycles. The summed E-state index contributed by atoms with van der Waals surface area (Å²) >= 11 is 0. The van der Waals surface area contributed by atoms with Crippen molar-refractivity contribution >= 4 is 34.9 Å². The fraction of sp³-hybridized carbons (Fsp3) is 0.333. The number of pyridine rings is 1. The zero-order valence-electron chi connectivity index (χ0n) is 18.4. The third kappa shape index (κ3) is 4.21. The van der Waals surface area contributed by atoms with E-state index < -0.39 is 24.2 Å². The van der Waals surface area contributed by atoms with Crippen LogP contribution in [0.4, 0.5) is 5.69 Å². The van der Waals surface area contributed by atoms with Gasteiger partial charge in [0.05, 0.1) is 17.1 Å². The average molecular weight is 417 g/mol. The predicted octanol–water partition coefficient (Wildman–Crippen LogP) is 3.22. The van der Waals surface area contributed by atoms with Crippen molar-refractivity contribution in [3.8, 4) is 0 Å². The highest BCUT2D eigenvalue weighted by molar-refractivity contribution is 6.62. The van der Waals surface area contributed by atoms with Gasteiger partial charge in [0.15, 0.2) is 0 Å². The van der Waals surface area contributed by atoms with Gasteiger partial charge in [0.25, 0.3) is 0 Å². The molecule has 160 valence electrons. The third-order valence-electron chi connectivity index (χ3n) is 6.32. The third-order valence-corrected chi connectivity index (χ3v) is 6.32. The van der Waals surface area contributed by atoms with E-state index in [-0.39, 0.29) is 12.5 Å². The summed E-state index contributed by atoms with van der Waals surface area (Å²) in [6, 6.07) is 15.4. The molecule has 1 amide bonds. The number of nitrogens with two attached hydrogens (primary N) is 1. The second kappa shape index (κ2) is 8.07. The van der Waals surface area contributed by atoms with Crippen molar-refractivity contribution in [2.45, 2.75) is 44.8 Å². The van der Waals surface area contributed by atoms with Crippen LogP contribution in [0, 0.1) is 0 Å². The van der Waals surface area contributed by atoms with E-state index in [9.17, 15) is 4.79 Å². The number of amides is 1. The van der Waals surface area contributed by atoms with Gasteiger partial charge in [-0.15, -0.1) is 0 Å². The highest BCUT2D eigenvalue weighted by atomic mass is 16.7. The Bertz CT molecular complexity index is 1080. The van der Waals surface area contributed by atoms with Crippen molar-refractivity contribution < 1.29 is 14.1 Å². The topological polar surface area (TPSA) is 86.5 Å². The first-order valence-electron chi connectivity index (χ1n) is 10.5. The number of rotatable bonds is 5. The number of nitrogens with one attached hydrogen (secondary N) is 1. The van der Waals surface area contributed by atoms with Crippen molar-refractivity contribution in [1.29, 1.82) is 0 Å². The molecule has 0 spiro atoms. The number of fused-ring (bicyclic) bond motifs is 1. The van der Waals surface area contributed by atoms with Gasteiger partial charge in [-0.25, -0.2) is 0 Å². The van der Waals surface area contributed by atoms with E-state index in [0.717, 1.165) is 27.5 Å². The van der Waals surface area contributed by atoms with Crippen molar-refractivity contribution in [3.63, 3.8) is 0 Å². The van der Waals surface area contributed by atoms with E-state index in [2.05, 4.69) is 10.3 Å². The number of nitrogens with zero attached hydrogens (tertiary/aromatic N) is 1. The largest absolute Gasteiger partial charge is 0.494 e. The maximum atomic E-state index is 12.9. The Morgan fingerprint density at radius 3 is 2.35 bits per heavy atom. The lowest BCUT2D eigenvalue weighted by atomic mass is 9.78. The number of aromatic nitrogens is 1. The Balaban J connectivity index is 1.49. The van der Waals surface area contributed by atoms with Crippen LogP contribution in [0.3, 0.4) is 0 Å². The van der Waals surface area contributed by atoms with Crippen LogP contribution in [0.25, 0.3) is 10.8 Å². The fourth-order valence-corrected chi connectivity index (χ4v) is 3.65.